The minimum absolute atomic E-state index is 0.141. The van der Waals surface area contributed by atoms with Gasteiger partial charge in [-0.15, -0.1) is 0 Å². The number of amides is 2. The minimum Gasteiger partial charge on any atom is -0.493 e. The fourth-order valence-corrected chi connectivity index (χ4v) is 3.95. The number of nitrogens with two attached hydrogens (primary N) is 1. The molecule has 0 aliphatic carbocycles. The number of hydrogen-bond donors (Lipinski definition) is 2. The Morgan fingerprint density at radius 1 is 1.03 bits per heavy atom. The van der Waals surface area contributed by atoms with Crippen LogP contribution in [0.2, 0.25) is 0 Å². The fraction of sp³-hybridized carbons (Fsp3) is 0.360. The molecule has 0 spiro atoms. The molecule has 10 heteroatoms. The standard InChI is InChI=1S/C25H28N2O6S2/c1-31-35-14-12-33-22-10-8-19-6-5-18-7-9-21(32-11-13-34-30)15-20(18)17-27(23(19)16-22)25(29)4-2-3-24(26)28/h7-10,15-16,30H,2-4,11-14,17H2,1H3,(H2,26,28). The monoisotopic (exact) mass is 516 g/mol. The van der Waals surface area contributed by atoms with E-state index in [0.717, 1.165) is 23.2 Å². The van der Waals surface area contributed by atoms with E-state index in [2.05, 4.69) is 11.8 Å². The van der Waals surface area contributed by atoms with Crippen LogP contribution < -0.4 is 20.1 Å². The van der Waals surface area contributed by atoms with Crippen LogP contribution in [0.15, 0.2) is 36.4 Å². The summed E-state index contributed by atoms with van der Waals surface area (Å²) in [5.74, 6) is 8.17. The summed E-state index contributed by atoms with van der Waals surface area (Å²) >= 11 is 2.02. The highest BCUT2D eigenvalue weighted by Crippen LogP contribution is 2.31. The molecule has 0 aromatic heterocycles. The summed E-state index contributed by atoms with van der Waals surface area (Å²) in [7, 11) is 1.61. The molecular formula is C25H28N2O6S2. The Kier molecular flexibility index (Phi) is 10.6. The van der Waals surface area contributed by atoms with Crippen molar-refractivity contribution in [3.8, 4) is 23.3 Å². The molecule has 2 aromatic rings. The van der Waals surface area contributed by atoms with Crippen LogP contribution in [0.5, 0.6) is 11.5 Å². The van der Waals surface area contributed by atoms with Gasteiger partial charge in [0.25, 0.3) is 0 Å². The molecule has 0 saturated heterocycles. The number of ether oxygens (including phenoxy) is 2. The lowest BCUT2D eigenvalue weighted by Gasteiger charge is -2.27. The first-order valence-corrected chi connectivity index (χ1v) is 12.9. The highest BCUT2D eigenvalue weighted by Gasteiger charge is 2.22. The SMILES string of the molecule is COSCCOc1ccc2c(c1)N(C(=O)CCCC(N)=O)Cc1cc(OCCSO)ccc1C#C2. The van der Waals surface area contributed by atoms with Gasteiger partial charge >= 0.3 is 0 Å². The van der Waals surface area contributed by atoms with Crippen molar-refractivity contribution in [2.45, 2.75) is 25.8 Å². The Balaban J connectivity index is 1.92. The molecule has 0 unspecified atom stereocenters. The van der Waals surface area contributed by atoms with Gasteiger partial charge < -0.3 is 28.8 Å². The van der Waals surface area contributed by atoms with E-state index in [1.807, 2.05) is 36.4 Å². The average molecular weight is 517 g/mol. The molecule has 0 atom stereocenters. The molecule has 0 bridgehead atoms. The number of anilines is 1. The number of hydrogen-bond acceptors (Lipinski definition) is 8. The Hall–Kier alpha value is -2.84. The fourth-order valence-electron chi connectivity index (χ4n) is 3.48. The lowest BCUT2D eigenvalue weighted by molar-refractivity contribution is -0.119. The van der Waals surface area contributed by atoms with Gasteiger partial charge in [-0.25, -0.2) is 0 Å². The lowest BCUT2D eigenvalue weighted by Crippen LogP contribution is -2.32. The van der Waals surface area contributed by atoms with E-state index < -0.39 is 5.91 Å². The van der Waals surface area contributed by atoms with E-state index in [4.69, 9.17) is 23.9 Å². The van der Waals surface area contributed by atoms with Gasteiger partial charge in [-0.1, -0.05) is 11.8 Å². The molecule has 0 saturated carbocycles. The van der Waals surface area contributed by atoms with Crippen molar-refractivity contribution in [2.24, 2.45) is 5.73 Å². The number of rotatable bonds is 13. The van der Waals surface area contributed by atoms with Crippen LogP contribution >= 0.6 is 24.1 Å². The third kappa shape index (κ3) is 8.11. The molecule has 2 aromatic carbocycles. The van der Waals surface area contributed by atoms with Gasteiger partial charge in [0.05, 0.1) is 44.1 Å². The zero-order valence-electron chi connectivity index (χ0n) is 19.5. The summed E-state index contributed by atoms with van der Waals surface area (Å²) < 4.78 is 25.5. The van der Waals surface area contributed by atoms with Gasteiger partial charge in [0.2, 0.25) is 11.8 Å². The zero-order valence-corrected chi connectivity index (χ0v) is 21.1. The third-order valence-electron chi connectivity index (χ3n) is 5.11. The molecule has 35 heavy (non-hydrogen) atoms. The maximum Gasteiger partial charge on any atom is 0.227 e. The molecule has 186 valence electrons. The molecule has 3 N–H and O–H groups in total. The normalized spacial score (nSPS) is 11.9. The number of fused-ring (bicyclic) bond motifs is 2. The largest absolute Gasteiger partial charge is 0.493 e. The van der Waals surface area contributed by atoms with Crippen LogP contribution in [0, 0.1) is 11.8 Å². The minimum atomic E-state index is -0.436. The number of carbonyl (C=O) groups excluding carboxylic acids is 2. The highest BCUT2D eigenvalue weighted by molar-refractivity contribution is 7.94. The van der Waals surface area contributed by atoms with Gasteiger partial charge in [0, 0.05) is 30.0 Å². The summed E-state index contributed by atoms with van der Waals surface area (Å²) in [6.07, 6.45) is 0.680. The van der Waals surface area contributed by atoms with Crippen molar-refractivity contribution in [1.29, 1.82) is 0 Å². The Morgan fingerprint density at radius 2 is 1.71 bits per heavy atom. The van der Waals surface area contributed by atoms with Crippen molar-refractivity contribution in [3.05, 3.63) is 53.1 Å². The quantitative estimate of drug-likeness (QED) is 0.235. The first kappa shape index (κ1) is 26.8. The predicted octanol–water partition coefficient (Wildman–Crippen LogP) is 3.85. The first-order valence-electron chi connectivity index (χ1n) is 11.1. The van der Waals surface area contributed by atoms with Crippen LogP contribution in [-0.2, 0) is 20.3 Å². The second-order valence-corrected chi connectivity index (χ2v) is 9.21. The van der Waals surface area contributed by atoms with E-state index >= 15 is 0 Å². The van der Waals surface area contributed by atoms with Gasteiger partial charge in [0.15, 0.2) is 0 Å². The first-order chi connectivity index (χ1) is 17.0. The topological polar surface area (TPSA) is 111 Å². The number of carbonyl (C=O) groups is 2. The maximum atomic E-state index is 13.3. The molecule has 8 nitrogen and oxygen atoms in total. The Bertz CT molecular complexity index is 1100. The van der Waals surface area contributed by atoms with Crippen LogP contribution in [-0.4, -0.2) is 48.2 Å². The van der Waals surface area contributed by atoms with Crippen molar-refractivity contribution < 1.29 is 27.8 Å². The van der Waals surface area contributed by atoms with Gasteiger partial charge in [-0.05, 0) is 66.4 Å². The van der Waals surface area contributed by atoms with Gasteiger partial charge in [-0.2, -0.15) is 0 Å². The third-order valence-corrected chi connectivity index (χ3v) is 6.03. The molecule has 0 fully saturated rings. The number of nitrogens with zero attached hydrogens (tertiary/aromatic N) is 1. The highest BCUT2D eigenvalue weighted by atomic mass is 32.2. The van der Waals surface area contributed by atoms with Crippen LogP contribution in [0.25, 0.3) is 0 Å². The predicted molar refractivity (Wildman–Crippen MR) is 139 cm³/mol. The average Bonchev–Trinajstić information content (AvgIpc) is 2.83. The van der Waals surface area contributed by atoms with Gasteiger partial charge in [-0.3, -0.25) is 9.59 Å². The molecule has 1 aliphatic rings. The molecule has 2 amide bonds. The van der Waals surface area contributed by atoms with Gasteiger partial charge in [0.1, 0.15) is 11.5 Å². The van der Waals surface area contributed by atoms with E-state index in [9.17, 15) is 9.59 Å². The molecule has 0 radical (unpaired) electrons. The molecular weight excluding hydrogens is 488 g/mol. The van der Waals surface area contributed by atoms with E-state index in [-0.39, 0.29) is 25.3 Å². The summed E-state index contributed by atoms with van der Waals surface area (Å²) in [5, 5.41) is 0. The Morgan fingerprint density at radius 3 is 2.43 bits per heavy atom. The van der Waals surface area contributed by atoms with Crippen molar-refractivity contribution in [3.63, 3.8) is 0 Å². The zero-order chi connectivity index (χ0) is 25.0. The van der Waals surface area contributed by atoms with E-state index in [1.54, 1.807) is 12.0 Å². The summed E-state index contributed by atoms with van der Waals surface area (Å²) in [6, 6.07) is 11.1. The lowest BCUT2D eigenvalue weighted by atomic mass is 10.0. The Labute approximate surface area is 213 Å². The molecule has 3 rings (SSSR count). The van der Waals surface area contributed by atoms with Crippen LogP contribution in [0.4, 0.5) is 5.69 Å². The number of benzene rings is 2. The second-order valence-electron chi connectivity index (χ2n) is 7.57. The maximum absolute atomic E-state index is 13.3. The van der Waals surface area contributed by atoms with Crippen molar-refractivity contribution in [2.75, 3.05) is 36.7 Å². The molecule has 1 aliphatic heterocycles. The summed E-state index contributed by atoms with van der Waals surface area (Å²) in [5.41, 5.74) is 8.24. The summed E-state index contributed by atoms with van der Waals surface area (Å²) in [4.78, 5) is 26.2. The summed E-state index contributed by atoms with van der Waals surface area (Å²) in [6.45, 7) is 1.08. The smallest absolute Gasteiger partial charge is 0.227 e. The molecule has 1 heterocycles. The van der Waals surface area contributed by atoms with Crippen LogP contribution in [0.3, 0.4) is 0 Å². The van der Waals surface area contributed by atoms with E-state index in [0.29, 0.717) is 53.9 Å². The van der Waals surface area contributed by atoms with Crippen molar-refractivity contribution >= 4 is 41.6 Å². The van der Waals surface area contributed by atoms with E-state index in [1.165, 1.54) is 12.0 Å². The van der Waals surface area contributed by atoms with Crippen LogP contribution in [0.1, 0.15) is 36.0 Å². The van der Waals surface area contributed by atoms with Crippen molar-refractivity contribution in [1.82, 2.24) is 0 Å². The second kappa shape index (κ2) is 13.9. The number of primary amides is 1.